The number of ketones is 1. The summed E-state index contributed by atoms with van der Waals surface area (Å²) < 4.78 is 15.9. The second-order valence-corrected chi connectivity index (χ2v) is 6.86. The molecule has 3 aliphatic rings. The van der Waals surface area contributed by atoms with Gasteiger partial charge in [0.1, 0.15) is 0 Å². The van der Waals surface area contributed by atoms with Crippen LogP contribution in [0.25, 0.3) is 5.70 Å². The van der Waals surface area contributed by atoms with Crippen LogP contribution in [0.1, 0.15) is 34.3 Å². The minimum atomic E-state index is -0.557. The molecule has 0 spiro atoms. The lowest BCUT2D eigenvalue weighted by atomic mass is 9.79. The summed E-state index contributed by atoms with van der Waals surface area (Å²) in [6, 6.07) is 12.9. The Bertz CT molecular complexity index is 1110. The van der Waals surface area contributed by atoms with Gasteiger partial charge in [-0.1, -0.05) is 30.3 Å². The third-order valence-corrected chi connectivity index (χ3v) is 5.38. The minimum Gasteiger partial charge on any atom is -0.466 e. The Balaban J connectivity index is 1.73. The lowest BCUT2D eigenvalue weighted by Crippen LogP contribution is -2.29. The van der Waals surface area contributed by atoms with Crippen molar-refractivity contribution in [2.24, 2.45) is 0 Å². The number of Topliss-reactive ketones (excluding diaryl/α,β-unsaturated/α-hetero) is 1. The van der Waals surface area contributed by atoms with E-state index in [4.69, 9.17) is 14.2 Å². The van der Waals surface area contributed by atoms with Gasteiger partial charge in [0.25, 0.3) is 0 Å². The van der Waals surface area contributed by atoms with Crippen molar-refractivity contribution in [1.82, 2.24) is 5.32 Å². The Morgan fingerprint density at radius 3 is 2.64 bits per heavy atom. The van der Waals surface area contributed by atoms with Crippen LogP contribution in [0.2, 0.25) is 0 Å². The summed E-state index contributed by atoms with van der Waals surface area (Å²) in [5.74, 6) is 0.131. The second-order valence-electron chi connectivity index (χ2n) is 6.86. The van der Waals surface area contributed by atoms with Gasteiger partial charge in [-0.05, 0) is 24.6 Å². The number of allylic oxidation sites excluding steroid dienone is 2. The predicted molar refractivity (Wildman–Crippen MR) is 101 cm³/mol. The molecule has 0 saturated heterocycles. The Morgan fingerprint density at radius 1 is 1.11 bits per heavy atom. The summed E-state index contributed by atoms with van der Waals surface area (Å²) in [5, 5.41) is 3.26. The van der Waals surface area contributed by atoms with Gasteiger partial charge < -0.3 is 19.5 Å². The molecule has 28 heavy (non-hydrogen) atoms. The first-order valence-corrected chi connectivity index (χ1v) is 8.94. The molecule has 2 aromatic rings. The fraction of sp³-hybridized carbons (Fsp3) is 0.182. The predicted octanol–water partition coefficient (Wildman–Crippen LogP) is 3.16. The Labute approximate surface area is 161 Å². The largest absolute Gasteiger partial charge is 0.466 e. The molecule has 6 nitrogen and oxygen atoms in total. The van der Waals surface area contributed by atoms with Gasteiger partial charge in [-0.25, -0.2) is 4.79 Å². The van der Waals surface area contributed by atoms with E-state index in [-0.39, 0.29) is 12.6 Å². The Morgan fingerprint density at radius 2 is 1.86 bits per heavy atom. The van der Waals surface area contributed by atoms with Crippen LogP contribution >= 0.6 is 0 Å². The highest BCUT2D eigenvalue weighted by Crippen LogP contribution is 2.48. The molecule has 1 aliphatic carbocycles. The number of hydrogen-bond acceptors (Lipinski definition) is 6. The van der Waals surface area contributed by atoms with Crippen LogP contribution in [0.4, 0.5) is 0 Å². The van der Waals surface area contributed by atoms with E-state index < -0.39 is 11.9 Å². The zero-order valence-corrected chi connectivity index (χ0v) is 15.4. The molecule has 2 aliphatic heterocycles. The van der Waals surface area contributed by atoms with E-state index in [1.165, 1.54) is 7.11 Å². The zero-order valence-electron chi connectivity index (χ0n) is 15.4. The number of carbonyl (C=O) groups excluding carboxylic acids is 2. The van der Waals surface area contributed by atoms with E-state index in [1.807, 2.05) is 43.3 Å². The first-order valence-electron chi connectivity index (χ1n) is 8.94. The van der Waals surface area contributed by atoms with Gasteiger partial charge in [-0.15, -0.1) is 0 Å². The summed E-state index contributed by atoms with van der Waals surface area (Å²) in [6.07, 6.45) is 0. The van der Waals surface area contributed by atoms with E-state index in [0.29, 0.717) is 33.9 Å². The van der Waals surface area contributed by atoms with Gasteiger partial charge in [0.15, 0.2) is 17.3 Å². The molecule has 0 unspecified atom stereocenters. The number of ether oxygens (including phenoxy) is 3. The fourth-order valence-electron chi connectivity index (χ4n) is 4.14. The number of hydrogen-bond donors (Lipinski definition) is 1. The van der Waals surface area contributed by atoms with Crippen LogP contribution in [0.15, 0.2) is 59.3 Å². The summed E-state index contributed by atoms with van der Waals surface area (Å²) in [4.78, 5) is 25.9. The topological polar surface area (TPSA) is 73.9 Å². The number of nitrogens with one attached hydrogen (secondary N) is 1. The maximum absolute atomic E-state index is 13.3. The Hall–Kier alpha value is -3.54. The van der Waals surface area contributed by atoms with Gasteiger partial charge in [0, 0.05) is 28.3 Å². The average Bonchev–Trinajstić information content (AvgIpc) is 3.29. The van der Waals surface area contributed by atoms with Crippen molar-refractivity contribution < 1.29 is 23.8 Å². The molecule has 2 heterocycles. The minimum absolute atomic E-state index is 0.0883. The number of dihydropyridines is 1. The smallest absolute Gasteiger partial charge is 0.336 e. The molecule has 1 atom stereocenters. The molecular weight excluding hydrogens is 358 g/mol. The van der Waals surface area contributed by atoms with Crippen molar-refractivity contribution in [2.45, 2.75) is 12.8 Å². The van der Waals surface area contributed by atoms with Crippen molar-refractivity contribution in [3.8, 4) is 11.5 Å². The second kappa shape index (κ2) is 5.99. The summed E-state index contributed by atoms with van der Waals surface area (Å²) >= 11 is 0. The number of esters is 1. The highest BCUT2D eigenvalue weighted by molar-refractivity contribution is 6.23. The van der Waals surface area contributed by atoms with Crippen molar-refractivity contribution in [3.63, 3.8) is 0 Å². The van der Waals surface area contributed by atoms with Crippen LogP contribution in [0.3, 0.4) is 0 Å². The third-order valence-electron chi connectivity index (χ3n) is 5.38. The first kappa shape index (κ1) is 16.6. The lowest BCUT2D eigenvalue weighted by Gasteiger charge is -2.29. The van der Waals surface area contributed by atoms with Crippen molar-refractivity contribution in [1.29, 1.82) is 0 Å². The fourth-order valence-corrected chi connectivity index (χ4v) is 4.14. The number of carbonyl (C=O) groups is 2. The molecule has 0 aromatic heterocycles. The van der Waals surface area contributed by atoms with Crippen LogP contribution < -0.4 is 14.8 Å². The Kier molecular flexibility index (Phi) is 3.55. The number of rotatable bonds is 2. The molecule has 0 amide bonds. The van der Waals surface area contributed by atoms with Gasteiger partial charge in [-0.3, -0.25) is 4.79 Å². The molecule has 140 valence electrons. The average molecular weight is 375 g/mol. The molecule has 2 aromatic carbocycles. The highest BCUT2D eigenvalue weighted by atomic mass is 16.7. The van der Waals surface area contributed by atoms with Crippen molar-refractivity contribution >= 4 is 17.4 Å². The SMILES string of the molecule is COC(=O)C1=C(C)NC2=C(C(=O)c3ccccc32)[C@@H]1c1ccc2c(c1)OCO2. The molecule has 0 fully saturated rings. The molecular formula is C22H17NO5. The molecule has 5 rings (SSSR count). The van der Waals surface area contributed by atoms with Gasteiger partial charge in [0.2, 0.25) is 6.79 Å². The maximum atomic E-state index is 13.3. The molecule has 0 saturated carbocycles. The highest BCUT2D eigenvalue weighted by Gasteiger charge is 2.43. The van der Waals surface area contributed by atoms with Gasteiger partial charge in [0.05, 0.1) is 18.4 Å². The van der Waals surface area contributed by atoms with Crippen LogP contribution in [-0.2, 0) is 9.53 Å². The van der Waals surface area contributed by atoms with E-state index in [0.717, 1.165) is 16.8 Å². The monoisotopic (exact) mass is 375 g/mol. The summed E-state index contributed by atoms with van der Waals surface area (Å²) in [6.45, 7) is 1.98. The molecule has 0 radical (unpaired) electrons. The van der Waals surface area contributed by atoms with Gasteiger partial charge >= 0.3 is 5.97 Å². The van der Waals surface area contributed by atoms with E-state index in [2.05, 4.69) is 5.32 Å². The zero-order chi connectivity index (χ0) is 19.4. The van der Waals surface area contributed by atoms with E-state index in [9.17, 15) is 9.59 Å². The van der Waals surface area contributed by atoms with E-state index >= 15 is 0 Å². The van der Waals surface area contributed by atoms with Crippen LogP contribution in [-0.4, -0.2) is 25.7 Å². The van der Waals surface area contributed by atoms with Crippen molar-refractivity contribution in [2.75, 3.05) is 13.9 Å². The normalized spacial score (nSPS) is 19.4. The summed E-state index contributed by atoms with van der Waals surface area (Å²) in [5.41, 5.74) is 4.62. The van der Waals surface area contributed by atoms with Gasteiger partial charge in [-0.2, -0.15) is 0 Å². The third kappa shape index (κ3) is 2.21. The first-order chi connectivity index (χ1) is 13.6. The lowest BCUT2D eigenvalue weighted by molar-refractivity contribution is -0.136. The molecule has 0 bridgehead atoms. The molecule has 6 heteroatoms. The molecule has 1 N–H and O–H groups in total. The van der Waals surface area contributed by atoms with E-state index in [1.54, 1.807) is 6.07 Å². The standard InChI is InChI=1S/C22H17NO5/c1-11-17(22(25)26-2)18(12-7-8-15-16(9-12)28-10-27-15)19-20(23-11)13-5-3-4-6-14(13)21(19)24/h3-9,18,23H,10H2,1-2H3/t18-/m1/s1. The number of methoxy groups -OCH3 is 1. The maximum Gasteiger partial charge on any atom is 0.336 e. The van der Waals surface area contributed by atoms with Crippen LogP contribution in [0, 0.1) is 0 Å². The van der Waals surface area contributed by atoms with Crippen LogP contribution in [0.5, 0.6) is 11.5 Å². The quantitative estimate of drug-likeness (QED) is 0.813. The summed E-state index contributed by atoms with van der Waals surface area (Å²) in [7, 11) is 1.34. The number of benzene rings is 2. The van der Waals surface area contributed by atoms with Crippen molar-refractivity contribution in [3.05, 3.63) is 76.0 Å². The number of fused-ring (bicyclic) bond motifs is 3.